The van der Waals surface area contributed by atoms with Crippen LogP contribution in [0.4, 0.5) is 26.3 Å². The Bertz CT molecular complexity index is 1230. The average Bonchev–Trinajstić information content (AvgIpc) is 2.86. The second-order valence-electron chi connectivity index (χ2n) is 8.24. The van der Waals surface area contributed by atoms with Gasteiger partial charge in [0.05, 0.1) is 17.7 Å². The van der Waals surface area contributed by atoms with Gasteiger partial charge in [0.15, 0.2) is 0 Å². The van der Waals surface area contributed by atoms with Gasteiger partial charge in [-0.25, -0.2) is 0 Å². The van der Waals surface area contributed by atoms with Crippen LogP contribution in [0.15, 0.2) is 66.9 Å². The molecular weight excluding hydrogens is 518 g/mol. The number of halogens is 6. The first-order valence-corrected chi connectivity index (χ1v) is 11.3. The summed E-state index contributed by atoms with van der Waals surface area (Å²) in [6.07, 6.45) is -10.5. The van der Waals surface area contributed by atoms with Crippen LogP contribution in [0.1, 0.15) is 46.9 Å². The fourth-order valence-corrected chi connectivity index (χ4v) is 3.42. The maximum atomic E-state index is 12.9. The normalized spacial score (nSPS) is 12.6. The van der Waals surface area contributed by atoms with Gasteiger partial charge in [0.2, 0.25) is 0 Å². The lowest BCUT2D eigenvalue weighted by Crippen LogP contribution is -2.25. The molecule has 38 heavy (non-hydrogen) atoms. The van der Waals surface area contributed by atoms with Crippen LogP contribution in [-0.4, -0.2) is 34.7 Å². The van der Waals surface area contributed by atoms with Crippen LogP contribution in [0.3, 0.4) is 0 Å². The number of aromatic nitrogens is 1. The monoisotopic (exact) mass is 540 g/mol. The zero-order valence-corrected chi connectivity index (χ0v) is 19.6. The van der Waals surface area contributed by atoms with E-state index in [2.05, 4.69) is 10.3 Å². The van der Waals surface area contributed by atoms with Crippen molar-refractivity contribution in [3.8, 4) is 17.0 Å². The Morgan fingerprint density at radius 1 is 0.921 bits per heavy atom. The number of rotatable bonds is 10. The van der Waals surface area contributed by atoms with Crippen LogP contribution in [0.2, 0.25) is 0 Å². The topological polar surface area (TPSA) is 88.5 Å². The summed E-state index contributed by atoms with van der Waals surface area (Å²) < 4.78 is 82.9. The Balaban J connectivity index is 1.74. The number of carboxylic acids is 1. The van der Waals surface area contributed by atoms with Crippen LogP contribution in [0, 0.1) is 0 Å². The van der Waals surface area contributed by atoms with Crippen LogP contribution in [-0.2, 0) is 11.0 Å². The first-order valence-electron chi connectivity index (χ1n) is 11.3. The van der Waals surface area contributed by atoms with Crippen molar-refractivity contribution in [2.75, 3.05) is 6.54 Å². The predicted octanol–water partition coefficient (Wildman–Crippen LogP) is 6.43. The number of benzene rings is 2. The molecule has 1 amide bonds. The molecule has 0 radical (unpaired) electrons. The molecule has 6 nitrogen and oxygen atoms in total. The number of hydrogen-bond donors (Lipinski definition) is 2. The molecule has 0 spiro atoms. The fraction of sp³-hybridized carbons (Fsp3) is 0.269. The fourth-order valence-electron chi connectivity index (χ4n) is 3.42. The number of alkyl halides is 6. The third kappa shape index (κ3) is 8.49. The van der Waals surface area contributed by atoms with Gasteiger partial charge in [0.1, 0.15) is 11.9 Å². The molecule has 0 aliphatic rings. The standard InChI is InChI=1S/C26H22F6N2O4/c27-25(28,29)13-11-22(38-20-8-3-17(4-9-20)24(37)33-14-12-23(35)36)18-5-10-21(34-15-18)16-1-6-19(7-2-16)26(30,31)32/h1-10,15,22H,11-14H2,(H,33,37)(H,35,36). The van der Waals surface area contributed by atoms with Crippen LogP contribution in [0.25, 0.3) is 11.3 Å². The van der Waals surface area contributed by atoms with Gasteiger partial charge in [-0.2, -0.15) is 26.3 Å². The molecule has 0 aliphatic heterocycles. The van der Waals surface area contributed by atoms with Crippen molar-refractivity contribution in [1.29, 1.82) is 0 Å². The lowest BCUT2D eigenvalue weighted by molar-refractivity contribution is -0.139. The van der Waals surface area contributed by atoms with E-state index < -0.39 is 48.7 Å². The molecule has 0 bridgehead atoms. The molecule has 1 unspecified atom stereocenters. The van der Waals surface area contributed by atoms with Gasteiger partial charge in [0, 0.05) is 35.9 Å². The number of carboxylic acid groups (broad SMARTS) is 1. The van der Waals surface area contributed by atoms with Gasteiger partial charge < -0.3 is 15.2 Å². The molecule has 3 rings (SSSR count). The van der Waals surface area contributed by atoms with Crippen molar-refractivity contribution >= 4 is 11.9 Å². The van der Waals surface area contributed by atoms with Crippen molar-refractivity contribution in [3.05, 3.63) is 83.6 Å². The van der Waals surface area contributed by atoms with Gasteiger partial charge >= 0.3 is 18.3 Å². The number of nitrogens with zero attached hydrogens (tertiary/aromatic N) is 1. The molecule has 0 fully saturated rings. The number of hydrogen-bond acceptors (Lipinski definition) is 4. The third-order valence-electron chi connectivity index (χ3n) is 5.38. The molecule has 3 aromatic rings. The molecule has 0 saturated carbocycles. The Kier molecular flexibility index (Phi) is 8.97. The van der Waals surface area contributed by atoms with Crippen molar-refractivity contribution in [1.82, 2.24) is 10.3 Å². The van der Waals surface area contributed by atoms with E-state index in [4.69, 9.17) is 9.84 Å². The largest absolute Gasteiger partial charge is 0.486 e. The Hall–Kier alpha value is -4.09. The molecule has 1 atom stereocenters. The van der Waals surface area contributed by atoms with Crippen molar-refractivity contribution < 1.29 is 45.8 Å². The summed E-state index contributed by atoms with van der Waals surface area (Å²) in [4.78, 5) is 26.8. The number of nitrogens with one attached hydrogen (secondary N) is 1. The lowest BCUT2D eigenvalue weighted by atomic mass is 10.0. The Morgan fingerprint density at radius 3 is 2.11 bits per heavy atom. The summed E-state index contributed by atoms with van der Waals surface area (Å²) in [5.74, 6) is -1.40. The van der Waals surface area contributed by atoms with Crippen molar-refractivity contribution in [3.63, 3.8) is 0 Å². The number of aliphatic carboxylic acids is 1. The highest BCUT2D eigenvalue weighted by molar-refractivity contribution is 5.94. The second-order valence-corrected chi connectivity index (χ2v) is 8.24. The quantitative estimate of drug-likeness (QED) is 0.289. The number of amides is 1. The predicted molar refractivity (Wildman–Crippen MR) is 124 cm³/mol. The summed E-state index contributed by atoms with van der Waals surface area (Å²) in [5, 5.41) is 11.1. The smallest absolute Gasteiger partial charge is 0.416 e. The van der Waals surface area contributed by atoms with Gasteiger partial charge in [-0.15, -0.1) is 0 Å². The molecule has 2 aromatic carbocycles. The van der Waals surface area contributed by atoms with Gasteiger partial charge in [-0.3, -0.25) is 14.6 Å². The van der Waals surface area contributed by atoms with E-state index in [1.54, 1.807) is 0 Å². The number of ether oxygens (including phenoxy) is 1. The first kappa shape index (κ1) is 28.5. The summed E-state index contributed by atoms with van der Waals surface area (Å²) in [7, 11) is 0. The van der Waals surface area contributed by atoms with Crippen LogP contribution >= 0.6 is 0 Å². The Morgan fingerprint density at radius 2 is 1.58 bits per heavy atom. The van der Waals surface area contributed by atoms with E-state index in [0.29, 0.717) is 16.8 Å². The zero-order chi connectivity index (χ0) is 27.9. The number of carbonyl (C=O) groups is 2. The highest BCUT2D eigenvalue weighted by atomic mass is 19.4. The van der Waals surface area contributed by atoms with E-state index >= 15 is 0 Å². The first-order chi connectivity index (χ1) is 17.8. The van der Waals surface area contributed by atoms with Crippen molar-refractivity contribution in [2.45, 2.75) is 37.7 Å². The molecule has 1 heterocycles. The molecular formula is C26H22F6N2O4. The van der Waals surface area contributed by atoms with E-state index in [0.717, 1.165) is 12.1 Å². The average molecular weight is 540 g/mol. The van der Waals surface area contributed by atoms with Gasteiger partial charge in [-0.05, 0) is 48.9 Å². The summed E-state index contributed by atoms with van der Waals surface area (Å²) in [5.41, 5.74) is 0.435. The van der Waals surface area contributed by atoms with Crippen LogP contribution in [0.5, 0.6) is 5.75 Å². The molecule has 2 N–H and O–H groups in total. The molecule has 0 saturated heterocycles. The third-order valence-corrected chi connectivity index (χ3v) is 5.38. The maximum Gasteiger partial charge on any atom is 0.416 e. The highest BCUT2D eigenvalue weighted by Gasteiger charge is 2.31. The highest BCUT2D eigenvalue weighted by Crippen LogP contribution is 2.33. The molecule has 0 aliphatic carbocycles. The summed E-state index contributed by atoms with van der Waals surface area (Å²) >= 11 is 0. The van der Waals surface area contributed by atoms with E-state index in [-0.39, 0.29) is 24.3 Å². The van der Waals surface area contributed by atoms with Crippen molar-refractivity contribution in [2.24, 2.45) is 0 Å². The van der Waals surface area contributed by atoms with Gasteiger partial charge in [0.25, 0.3) is 5.91 Å². The molecule has 1 aromatic heterocycles. The SMILES string of the molecule is O=C(O)CCNC(=O)c1ccc(OC(CCC(F)(F)F)c2ccc(-c3ccc(C(F)(F)F)cc3)nc2)cc1. The maximum absolute atomic E-state index is 12.9. The molecule has 202 valence electrons. The minimum atomic E-state index is -4.48. The molecule has 12 heteroatoms. The van der Waals surface area contributed by atoms with E-state index in [1.807, 2.05) is 0 Å². The summed E-state index contributed by atoms with van der Waals surface area (Å²) in [6, 6.07) is 12.9. The van der Waals surface area contributed by atoms with Crippen LogP contribution < -0.4 is 10.1 Å². The second kappa shape index (κ2) is 12.0. The summed E-state index contributed by atoms with van der Waals surface area (Å²) in [6.45, 7) is -0.0681. The number of pyridine rings is 1. The zero-order valence-electron chi connectivity index (χ0n) is 19.6. The van der Waals surface area contributed by atoms with Gasteiger partial charge in [-0.1, -0.05) is 18.2 Å². The Labute approximate surface area is 213 Å². The van der Waals surface area contributed by atoms with E-state index in [1.165, 1.54) is 54.7 Å². The number of carbonyl (C=O) groups excluding carboxylic acids is 1. The lowest BCUT2D eigenvalue weighted by Gasteiger charge is -2.20. The minimum Gasteiger partial charge on any atom is -0.486 e. The minimum absolute atomic E-state index is 0.0681. The van der Waals surface area contributed by atoms with E-state index in [9.17, 15) is 35.9 Å².